The van der Waals surface area contributed by atoms with Crippen LogP contribution in [0.3, 0.4) is 0 Å². The van der Waals surface area contributed by atoms with Crippen molar-refractivity contribution in [1.29, 1.82) is 0 Å². The zero-order valence-corrected chi connectivity index (χ0v) is 13.4. The molecule has 0 aromatic heterocycles. The van der Waals surface area contributed by atoms with Crippen LogP contribution in [0.25, 0.3) is 0 Å². The lowest BCUT2D eigenvalue weighted by Gasteiger charge is -2.34. The van der Waals surface area contributed by atoms with E-state index in [-0.39, 0.29) is 60.8 Å². The van der Waals surface area contributed by atoms with E-state index in [1.54, 1.807) is 0 Å². The zero-order chi connectivity index (χ0) is 16.1. The number of carbonyl (C=O) groups is 3. The molecule has 4 saturated heterocycles. The van der Waals surface area contributed by atoms with Gasteiger partial charge in [-0.3, -0.25) is 19.3 Å². The van der Waals surface area contributed by atoms with Crippen molar-refractivity contribution in [3.8, 4) is 0 Å². The second-order valence-electron chi connectivity index (χ2n) is 7.06. The van der Waals surface area contributed by atoms with Crippen LogP contribution in [-0.4, -0.2) is 72.0 Å². The molecule has 4 aliphatic rings. The molecule has 0 aliphatic carbocycles. The molecule has 4 unspecified atom stereocenters. The highest BCUT2D eigenvalue weighted by atomic mass is 16.5. The largest absolute Gasteiger partial charge is 0.373 e. The standard InChI is InChI=1S/C16H23N3O4/c1-9-8-17-5-7-18(9)12(20)4-6-19-15(21)13-10-2-3-11(23-10)14(13)16(19)22/h9-11,13-14,17H,2-8H2,1H3/t9-,10?,11?,13?,14?/m1/s1. The van der Waals surface area contributed by atoms with Crippen LogP contribution in [0.15, 0.2) is 0 Å². The molecule has 4 fully saturated rings. The average molecular weight is 321 g/mol. The average Bonchev–Trinajstić information content (AvgIpc) is 3.21. The molecule has 4 aliphatic heterocycles. The maximum atomic E-state index is 12.5. The summed E-state index contributed by atoms with van der Waals surface area (Å²) < 4.78 is 5.71. The summed E-state index contributed by atoms with van der Waals surface area (Å²) in [5.74, 6) is -0.832. The van der Waals surface area contributed by atoms with Gasteiger partial charge in [0.2, 0.25) is 17.7 Å². The number of piperazine rings is 1. The van der Waals surface area contributed by atoms with Crippen molar-refractivity contribution in [1.82, 2.24) is 15.1 Å². The smallest absolute Gasteiger partial charge is 0.235 e. The van der Waals surface area contributed by atoms with Crippen LogP contribution in [0.1, 0.15) is 26.2 Å². The predicted molar refractivity (Wildman–Crippen MR) is 80.3 cm³/mol. The second kappa shape index (κ2) is 5.56. The number of ether oxygens (including phenoxy) is 1. The Bertz CT molecular complexity index is 523. The van der Waals surface area contributed by atoms with Gasteiger partial charge in [-0.15, -0.1) is 0 Å². The van der Waals surface area contributed by atoms with Crippen molar-refractivity contribution in [2.24, 2.45) is 11.8 Å². The molecule has 0 radical (unpaired) electrons. The molecule has 126 valence electrons. The lowest BCUT2D eigenvalue weighted by molar-refractivity contribution is -0.143. The maximum absolute atomic E-state index is 12.5. The SMILES string of the molecule is C[C@@H]1CNCCN1C(=O)CCN1C(=O)C2C3CCC(O3)C2C1=O. The summed E-state index contributed by atoms with van der Waals surface area (Å²) in [4.78, 5) is 40.6. The van der Waals surface area contributed by atoms with Gasteiger partial charge in [-0.05, 0) is 19.8 Å². The molecular formula is C16H23N3O4. The molecule has 0 aromatic carbocycles. The molecular weight excluding hydrogens is 298 g/mol. The summed E-state index contributed by atoms with van der Waals surface area (Å²) in [5.41, 5.74) is 0. The first-order valence-corrected chi connectivity index (χ1v) is 8.59. The van der Waals surface area contributed by atoms with Crippen molar-refractivity contribution in [3.63, 3.8) is 0 Å². The fraction of sp³-hybridized carbons (Fsp3) is 0.812. The van der Waals surface area contributed by atoms with E-state index in [1.165, 1.54) is 4.90 Å². The van der Waals surface area contributed by atoms with Crippen LogP contribution in [0.2, 0.25) is 0 Å². The van der Waals surface area contributed by atoms with Crippen LogP contribution in [0.4, 0.5) is 0 Å². The van der Waals surface area contributed by atoms with E-state index in [0.717, 1.165) is 25.9 Å². The third kappa shape index (κ3) is 2.29. The Hall–Kier alpha value is -1.47. The molecule has 5 atom stereocenters. The summed E-state index contributed by atoms with van der Waals surface area (Å²) in [7, 11) is 0. The van der Waals surface area contributed by atoms with Crippen molar-refractivity contribution in [3.05, 3.63) is 0 Å². The number of fused-ring (bicyclic) bond motifs is 5. The van der Waals surface area contributed by atoms with Gasteiger partial charge in [0.15, 0.2) is 0 Å². The molecule has 0 spiro atoms. The van der Waals surface area contributed by atoms with E-state index in [1.807, 2.05) is 11.8 Å². The minimum Gasteiger partial charge on any atom is -0.373 e. The molecule has 7 heteroatoms. The van der Waals surface area contributed by atoms with E-state index in [4.69, 9.17) is 4.74 Å². The first-order valence-electron chi connectivity index (χ1n) is 8.59. The van der Waals surface area contributed by atoms with Crippen molar-refractivity contribution < 1.29 is 19.1 Å². The lowest BCUT2D eigenvalue weighted by atomic mass is 9.81. The van der Waals surface area contributed by atoms with Crippen molar-refractivity contribution >= 4 is 17.7 Å². The van der Waals surface area contributed by atoms with E-state index in [0.29, 0.717) is 6.54 Å². The molecule has 0 saturated carbocycles. The van der Waals surface area contributed by atoms with Gasteiger partial charge in [-0.1, -0.05) is 0 Å². The summed E-state index contributed by atoms with van der Waals surface area (Å²) >= 11 is 0. The molecule has 0 aromatic rings. The summed E-state index contributed by atoms with van der Waals surface area (Å²) in [6.07, 6.45) is 1.79. The van der Waals surface area contributed by atoms with Crippen molar-refractivity contribution in [2.45, 2.75) is 44.4 Å². The fourth-order valence-electron chi connectivity index (χ4n) is 4.56. The monoisotopic (exact) mass is 321 g/mol. The molecule has 2 bridgehead atoms. The highest BCUT2D eigenvalue weighted by Crippen LogP contribution is 2.48. The Morgan fingerprint density at radius 3 is 2.48 bits per heavy atom. The van der Waals surface area contributed by atoms with Gasteiger partial charge < -0.3 is 15.0 Å². The quantitative estimate of drug-likeness (QED) is 0.700. The fourth-order valence-corrected chi connectivity index (χ4v) is 4.56. The molecule has 1 N–H and O–H groups in total. The number of imide groups is 1. The number of carbonyl (C=O) groups excluding carboxylic acids is 3. The number of hydrogen-bond acceptors (Lipinski definition) is 5. The highest BCUT2D eigenvalue weighted by Gasteiger charge is 2.62. The van der Waals surface area contributed by atoms with Gasteiger partial charge >= 0.3 is 0 Å². The predicted octanol–water partition coefficient (Wildman–Crippen LogP) is -0.641. The molecule has 4 rings (SSSR count). The van der Waals surface area contributed by atoms with Crippen LogP contribution in [0, 0.1) is 11.8 Å². The minimum absolute atomic E-state index is 0.0240. The van der Waals surface area contributed by atoms with Crippen LogP contribution >= 0.6 is 0 Å². The Morgan fingerprint density at radius 2 is 1.87 bits per heavy atom. The lowest BCUT2D eigenvalue weighted by Crippen LogP contribution is -2.52. The van der Waals surface area contributed by atoms with Crippen LogP contribution in [-0.2, 0) is 19.1 Å². The normalized spacial score (nSPS) is 39.3. The maximum Gasteiger partial charge on any atom is 0.235 e. The molecule has 7 nitrogen and oxygen atoms in total. The Balaban J connectivity index is 1.39. The number of amides is 3. The van der Waals surface area contributed by atoms with Gasteiger partial charge in [0.25, 0.3) is 0 Å². The van der Waals surface area contributed by atoms with Crippen LogP contribution in [0.5, 0.6) is 0 Å². The third-order valence-corrected chi connectivity index (χ3v) is 5.75. The Morgan fingerprint density at radius 1 is 1.22 bits per heavy atom. The number of rotatable bonds is 3. The second-order valence-corrected chi connectivity index (χ2v) is 7.06. The topological polar surface area (TPSA) is 79.0 Å². The van der Waals surface area contributed by atoms with E-state index in [2.05, 4.69) is 5.32 Å². The van der Waals surface area contributed by atoms with Crippen molar-refractivity contribution in [2.75, 3.05) is 26.2 Å². The summed E-state index contributed by atoms with van der Waals surface area (Å²) in [6.45, 7) is 4.49. The van der Waals surface area contributed by atoms with Gasteiger partial charge in [0.1, 0.15) is 0 Å². The summed E-state index contributed by atoms with van der Waals surface area (Å²) in [6, 6.07) is 0.157. The van der Waals surface area contributed by atoms with Gasteiger partial charge in [-0.2, -0.15) is 0 Å². The number of nitrogens with one attached hydrogen (secondary N) is 1. The summed E-state index contributed by atoms with van der Waals surface area (Å²) in [5, 5.41) is 3.25. The molecule has 4 heterocycles. The number of likely N-dealkylation sites (tertiary alicyclic amines) is 1. The number of nitrogens with zero attached hydrogens (tertiary/aromatic N) is 2. The Kier molecular flexibility index (Phi) is 3.65. The van der Waals surface area contributed by atoms with E-state index < -0.39 is 0 Å². The highest BCUT2D eigenvalue weighted by molar-refractivity contribution is 6.06. The first-order chi connectivity index (χ1) is 11.1. The van der Waals surface area contributed by atoms with Gasteiger partial charge in [0, 0.05) is 38.6 Å². The number of hydrogen-bond donors (Lipinski definition) is 1. The van der Waals surface area contributed by atoms with E-state index in [9.17, 15) is 14.4 Å². The minimum atomic E-state index is -0.297. The Labute approximate surface area is 135 Å². The zero-order valence-electron chi connectivity index (χ0n) is 13.4. The van der Waals surface area contributed by atoms with Crippen LogP contribution < -0.4 is 5.32 Å². The van der Waals surface area contributed by atoms with Gasteiger partial charge in [-0.25, -0.2) is 0 Å². The van der Waals surface area contributed by atoms with Gasteiger partial charge in [0.05, 0.1) is 24.0 Å². The van der Waals surface area contributed by atoms with E-state index >= 15 is 0 Å². The first kappa shape index (κ1) is 15.1. The molecule has 3 amide bonds. The molecule has 23 heavy (non-hydrogen) atoms. The third-order valence-electron chi connectivity index (χ3n) is 5.75.